The van der Waals surface area contributed by atoms with Crippen molar-refractivity contribution in [3.05, 3.63) is 27.3 Å². The van der Waals surface area contributed by atoms with E-state index in [4.69, 9.17) is 16.3 Å². The lowest BCUT2D eigenvalue weighted by molar-refractivity contribution is -0.147. The van der Waals surface area contributed by atoms with Crippen molar-refractivity contribution in [3.8, 4) is 5.75 Å². The first kappa shape index (κ1) is 14.7. The summed E-state index contributed by atoms with van der Waals surface area (Å²) in [6.45, 7) is 2.04. The van der Waals surface area contributed by atoms with Gasteiger partial charge in [0.05, 0.1) is 17.5 Å². The van der Waals surface area contributed by atoms with Crippen LogP contribution in [0.25, 0.3) is 0 Å². The standard InChI is InChI=1S/C17H21ClO3/c1-10-11-6-3-4-7-12(11)14(18)15(21-2)13(10)17(16(19)20)8-5-9-17/h3-9H2,1-2H3,(H,19,20). The Morgan fingerprint density at radius 2 is 1.81 bits per heavy atom. The number of carbonyl (C=O) groups is 1. The van der Waals surface area contributed by atoms with Gasteiger partial charge in [0.15, 0.2) is 0 Å². The number of hydrogen-bond donors (Lipinski definition) is 1. The molecule has 4 heteroatoms. The first-order chi connectivity index (χ1) is 10.0. The second-order valence-electron chi connectivity index (χ2n) is 6.25. The number of methoxy groups -OCH3 is 1. The SMILES string of the molecule is COc1c(Cl)c2c(c(C)c1C1(C(=O)O)CCC1)CCCC2. The van der Waals surface area contributed by atoms with Gasteiger partial charge in [-0.25, -0.2) is 0 Å². The fourth-order valence-corrected chi connectivity index (χ4v) is 4.38. The Hall–Kier alpha value is -1.22. The van der Waals surface area contributed by atoms with Crippen molar-refractivity contribution in [3.63, 3.8) is 0 Å². The van der Waals surface area contributed by atoms with E-state index in [1.807, 2.05) is 6.92 Å². The van der Waals surface area contributed by atoms with Crippen LogP contribution in [0.1, 0.15) is 54.4 Å². The number of halogens is 1. The zero-order valence-corrected chi connectivity index (χ0v) is 13.3. The van der Waals surface area contributed by atoms with E-state index in [1.54, 1.807) is 7.11 Å². The van der Waals surface area contributed by atoms with Crippen molar-refractivity contribution < 1.29 is 14.6 Å². The average Bonchev–Trinajstić information content (AvgIpc) is 2.43. The summed E-state index contributed by atoms with van der Waals surface area (Å²) in [6, 6.07) is 0. The highest BCUT2D eigenvalue weighted by Gasteiger charge is 2.49. The minimum atomic E-state index is -0.800. The molecule has 0 atom stereocenters. The van der Waals surface area contributed by atoms with Crippen LogP contribution >= 0.6 is 11.6 Å². The van der Waals surface area contributed by atoms with Crippen LogP contribution in [0.15, 0.2) is 0 Å². The number of benzene rings is 1. The van der Waals surface area contributed by atoms with E-state index >= 15 is 0 Å². The van der Waals surface area contributed by atoms with Crippen LogP contribution in [0.3, 0.4) is 0 Å². The summed E-state index contributed by atoms with van der Waals surface area (Å²) in [7, 11) is 1.59. The second kappa shape index (κ2) is 5.20. The Morgan fingerprint density at radius 1 is 1.19 bits per heavy atom. The van der Waals surface area contributed by atoms with E-state index in [-0.39, 0.29) is 0 Å². The fourth-order valence-electron chi connectivity index (χ4n) is 4.00. The van der Waals surface area contributed by atoms with Crippen molar-refractivity contribution in [2.24, 2.45) is 0 Å². The van der Waals surface area contributed by atoms with Crippen molar-refractivity contribution in [2.45, 2.75) is 57.3 Å². The van der Waals surface area contributed by atoms with Gasteiger partial charge in [0, 0.05) is 5.56 Å². The average molecular weight is 309 g/mol. The quantitative estimate of drug-likeness (QED) is 0.916. The maximum Gasteiger partial charge on any atom is 0.314 e. The van der Waals surface area contributed by atoms with Crippen LogP contribution in [0.2, 0.25) is 5.02 Å². The molecule has 1 aromatic rings. The summed E-state index contributed by atoms with van der Waals surface area (Å²) in [5.41, 5.74) is 3.55. The molecule has 1 fully saturated rings. The molecule has 21 heavy (non-hydrogen) atoms. The zero-order valence-electron chi connectivity index (χ0n) is 12.6. The molecule has 1 N–H and O–H groups in total. The summed E-state index contributed by atoms with van der Waals surface area (Å²) in [5, 5.41) is 10.4. The molecule has 0 aromatic heterocycles. The van der Waals surface area contributed by atoms with Crippen molar-refractivity contribution in [1.29, 1.82) is 0 Å². The predicted octanol–water partition coefficient (Wildman–Crippen LogP) is 4.04. The number of carboxylic acids is 1. The third kappa shape index (κ3) is 1.97. The number of carboxylic acid groups (broad SMARTS) is 1. The number of hydrogen-bond acceptors (Lipinski definition) is 2. The molecule has 3 nitrogen and oxygen atoms in total. The first-order valence-electron chi connectivity index (χ1n) is 7.64. The van der Waals surface area contributed by atoms with Gasteiger partial charge in [-0.2, -0.15) is 0 Å². The van der Waals surface area contributed by atoms with Crippen molar-refractivity contribution in [2.75, 3.05) is 7.11 Å². The minimum Gasteiger partial charge on any atom is -0.495 e. The molecule has 2 aliphatic rings. The lowest BCUT2D eigenvalue weighted by atomic mass is 9.62. The molecule has 0 saturated heterocycles. The van der Waals surface area contributed by atoms with Gasteiger partial charge < -0.3 is 9.84 Å². The Bertz CT molecular complexity index is 603. The summed E-state index contributed by atoms with van der Waals surface area (Å²) >= 11 is 6.58. The molecule has 0 spiro atoms. The topological polar surface area (TPSA) is 46.5 Å². The highest BCUT2D eigenvalue weighted by molar-refractivity contribution is 6.33. The Labute approximate surface area is 130 Å². The van der Waals surface area contributed by atoms with Gasteiger partial charge in [-0.05, 0) is 62.1 Å². The molecule has 0 amide bonds. The van der Waals surface area contributed by atoms with Crippen LogP contribution in [0.4, 0.5) is 0 Å². The third-order valence-electron chi connectivity index (χ3n) is 5.29. The smallest absolute Gasteiger partial charge is 0.314 e. The molecule has 0 unspecified atom stereocenters. The van der Waals surface area contributed by atoms with Gasteiger partial charge in [-0.1, -0.05) is 18.0 Å². The van der Waals surface area contributed by atoms with E-state index < -0.39 is 11.4 Å². The molecule has 1 aromatic carbocycles. The van der Waals surface area contributed by atoms with Crippen LogP contribution in [0, 0.1) is 6.92 Å². The van der Waals surface area contributed by atoms with E-state index in [0.717, 1.165) is 43.2 Å². The van der Waals surface area contributed by atoms with E-state index in [0.29, 0.717) is 23.6 Å². The second-order valence-corrected chi connectivity index (χ2v) is 6.63. The molecular weight excluding hydrogens is 288 g/mol. The highest BCUT2D eigenvalue weighted by Crippen LogP contribution is 2.53. The molecule has 0 aliphatic heterocycles. The molecule has 2 aliphatic carbocycles. The lowest BCUT2D eigenvalue weighted by Gasteiger charge is -2.41. The molecule has 114 valence electrons. The Balaban J connectivity index is 2.29. The van der Waals surface area contributed by atoms with Crippen molar-refractivity contribution in [1.82, 2.24) is 0 Å². The maximum atomic E-state index is 11.9. The molecule has 0 bridgehead atoms. The lowest BCUT2D eigenvalue weighted by Crippen LogP contribution is -2.43. The summed E-state index contributed by atoms with van der Waals surface area (Å²) < 4.78 is 5.56. The zero-order chi connectivity index (χ0) is 15.2. The summed E-state index contributed by atoms with van der Waals surface area (Å²) in [4.78, 5) is 11.9. The fraction of sp³-hybridized carbons (Fsp3) is 0.588. The van der Waals surface area contributed by atoms with Crippen molar-refractivity contribution >= 4 is 17.6 Å². The molecular formula is C17H21ClO3. The third-order valence-corrected chi connectivity index (χ3v) is 5.69. The Morgan fingerprint density at radius 3 is 2.29 bits per heavy atom. The number of ether oxygens (including phenoxy) is 1. The van der Waals surface area contributed by atoms with E-state index in [1.165, 1.54) is 11.1 Å². The molecule has 3 rings (SSSR count). The number of aliphatic carboxylic acids is 1. The largest absolute Gasteiger partial charge is 0.495 e. The van der Waals surface area contributed by atoms with Gasteiger partial charge in [0.1, 0.15) is 5.75 Å². The van der Waals surface area contributed by atoms with Gasteiger partial charge in [0.2, 0.25) is 0 Å². The van der Waals surface area contributed by atoms with E-state index in [9.17, 15) is 9.90 Å². The van der Waals surface area contributed by atoms with Gasteiger partial charge in [-0.3, -0.25) is 4.79 Å². The highest BCUT2D eigenvalue weighted by atomic mass is 35.5. The van der Waals surface area contributed by atoms with Gasteiger partial charge in [0.25, 0.3) is 0 Å². The van der Waals surface area contributed by atoms with E-state index in [2.05, 4.69) is 0 Å². The maximum absolute atomic E-state index is 11.9. The first-order valence-corrected chi connectivity index (χ1v) is 8.02. The van der Waals surface area contributed by atoms with Crippen LogP contribution < -0.4 is 4.74 Å². The van der Waals surface area contributed by atoms with Gasteiger partial charge in [-0.15, -0.1) is 0 Å². The normalized spacial score (nSPS) is 19.6. The summed E-state index contributed by atoms with van der Waals surface area (Å²) in [5.74, 6) is -0.154. The predicted molar refractivity (Wildman–Crippen MR) is 82.5 cm³/mol. The molecule has 0 radical (unpaired) electrons. The molecule has 0 heterocycles. The van der Waals surface area contributed by atoms with Crippen LogP contribution in [-0.2, 0) is 23.1 Å². The monoisotopic (exact) mass is 308 g/mol. The van der Waals surface area contributed by atoms with Gasteiger partial charge >= 0.3 is 5.97 Å². The van der Waals surface area contributed by atoms with Crippen LogP contribution in [0.5, 0.6) is 5.75 Å². The number of rotatable bonds is 3. The van der Waals surface area contributed by atoms with Crippen LogP contribution in [-0.4, -0.2) is 18.2 Å². The number of fused-ring (bicyclic) bond motifs is 1. The molecule has 1 saturated carbocycles. The minimum absolute atomic E-state index is 0.594. The summed E-state index contributed by atoms with van der Waals surface area (Å²) in [6.07, 6.45) is 6.54. The Kier molecular flexibility index (Phi) is 3.64.